The fourth-order valence-electron chi connectivity index (χ4n) is 2.12. The summed E-state index contributed by atoms with van der Waals surface area (Å²) in [7, 11) is 1.44. The van der Waals surface area contributed by atoms with Crippen LogP contribution in [-0.2, 0) is 6.42 Å². The highest BCUT2D eigenvalue weighted by atomic mass is 19.1. The Morgan fingerprint density at radius 1 is 1.10 bits per heavy atom. The van der Waals surface area contributed by atoms with Gasteiger partial charge in [-0.2, -0.15) is 0 Å². The molecular weight excluding hydrogens is 281 g/mol. The number of hydrogen-bond donors (Lipinski definition) is 0. The molecule has 2 nitrogen and oxygen atoms in total. The predicted molar refractivity (Wildman–Crippen MR) is 72.1 cm³/mol. The number of ketones is 1. The number of hydrogen-bond acceptors (Lipinski definition) is 2. The summed E-state index contributed by atoms with van der Waals surface area (Å²) in [4.78, 5) is 12.1. The Morgan fingerprint density at radius 3 is 2.29 bits per heavy atom. The molecule has 0 fully saturated rings. The minimum atomic E-state index is -1.20. The zero-order chi connectivity index (χ0) is 15.6. The molecule has 110 valence electrons. The second kappa shape index (κ2) is 5.99. The summed E-state index contributed by atoms with van der Waals surface area (Å²) < 4.78 is 45.2. The molecule has 0 aliphatic rings. The lowest BCUT2D eigenvalue weighted by molar-refractivity contribution is 0.0984. The number of carbonyl (C=O) groups is 1. The number of carbonyl (C=O) groups excluding carboxylic acids is 1. The van der Waals surface area contributed by atoms with E-state index in [-0.39, 0.29) is 6.42 Å². The second-order valence-corrected chi connectivity index (χ2v) is 4.66. The van der Waals surface area contributed by atoms with E-state index in [0.29, 0.717) is 23.4 Å². The summed E-state index contributed by atoms with van der Waals surface area (Å²) in [6, 6.07) is 6.16. The molecule has 0 bridgehead atoms. The van der Waals surface area contributed by atoms with Crippen LogP contribution in [0.2, 0.25) is 0 Å². The van der Waals surface area contributed by atoms with Crippen molar-refractivity contribution in [2.45, 2.75) is 13.3 Å². The van der Waals surface area contributed by atoms with Gasteiger partial charge in [-0.25, -0.2) is 13.2 Å². The Bertz CT molecular complexity index is 673. The van der Waals surface area contributed by atoms with Crippen molar-refractivity contribution in [1.82, 2.24) is 0 Å². The molecule has 2 aromatic carbocycles. The van der Waals surface area contributed by atoms with Crippen LogP contribution in [0.5, 0.6) is 5.75 Å². The monoisotopic (exact) mass is 294 g/mol. The van der Waals surface area contributed by atoms with Crippen molar-refractivity contribution in [1.29, 1.82) is 0 Å². The zero-order valence-corrected chi connectivity index (χ0v) is 11.5. The lowest BCUT2D eigenvalue weighted by atomic mass is 10.00. The number of ether oxygens (including phenoxy) is 1. The van der Waals surface area contributed by atoms with Crippen LogP contribution in [0.25, 0.3) is 0 Å². The molecule has 0 radical (unpaired) electrons. The van der Waals surface area contributed by atoms with Gasteiger partial charge < -0.3 is 4.74 Å². The van der Waals surface area contributed by atoms with Gasteiger partial charge in [-0.05, 0) is 13.0 Å². The SMILES string of the molecule is COc1ccc(C)cc1CC(=O)c1c(F)cc(F)cc1F. The minimum Gasteiger partial charge on any atom is -0.496 e. The van der Waals surface area contributed by atoms with Gasteiger partial charge in [-0.3, -0.25) is 4.79 Å². The van der Waals surface area contributed by atoms with Crippen LogP contribution in [0.15, 0.2) is 30.3 Å². The number of methoxy groups -OCH3 is 1. The maximum atomic E-state index is 13.6. The molecule has 0 spiro atoms. The zero-order valence-electron chi connectivity index (χ0n) is 11.5. The maximum Gasteiger partial charge on any atom is 0.173 e. The highest BCUT2D eigenvalue weighted by molar-refractivity contribution is 5.98. The van der Waals surface area contributed by atoms with Crippen LogP contribution in [0, 0.1) is 24.4 Å². The van der Waals surface area contributed by atoms with Gasteiger partial charge in [-0.15, -0.1) is 0 Å². The Balaban J connectivity index is 2.37. The van der Waals surface area contributed by atoms with Crippen molar-refractivity contribution in [2.24, 2.45) is 0 Å². The first-order valence-corrected chi connectivity index (χ1v) is 6.23. The lowest BCUT2D eigenvalue weighted by Gasteiger charge is -2.10. The molecule has 0 saturated heterocycles. The van der Waals surface area contributed by atoms with E-state index in [9.17, 15) is 18.0 Å². The van der Waals surface area contributed by atoms with Gasteiger partial charge in [0.15, 0.2) is 5.78 Å². The summed E-state index contributed by atoms with van der Waals surface area (Å²) in [5.74, 6) is -3.78. The van der Waals surface area contributed by atoms with Crippen molar-refractivity contribution in [3.05, 3.63) is 64.5 Å². The van der Waals surface area contributed by atoms with Gasteiger partial charge in [0.2, 0.25) is 0 Å². The largest absolute Gasteiger partial charge is 0.496 e. The molecule has 0 saturated carbocycles. The fourth-order valence-corrected chi connectivity index (χ4v) is 2.12. The number of benzene rings is 2. The fraction of sp³-hybridized carbons (Fsp3) is 0.188. The quantitative estimate of drug-likeness (QED) is 0.801. The van der Waals surface area contributed by atoms with Crippen LogP contribution in [0.4, 0.5) is 13.2 Å². The normalized spacial score (nSPS) is 10.5. The van der Waals surface area contributed by atoms with Crippen molar-refractivity contribution in [3.63, 3.8) is 0 Å². The average Bonchev–Trinajstić information content (AvgIpc) is 2.37. The van der Waals surface area contributed by atoms with Crippen molar-refractivity contribution < 1.29 is 22.7 Å². The molecule has 0 amide bonds. The molecule has 0 aliphatic carbocycles. The van der Waals surface area contributed by atoms with E-state index in [0.717, 1.165) is 5.56 Å². The first-order valence-electron chi connectivity index (χ1n) is 6.23. The van der Waals surface area contributed by atoms with Gasteiger partial charge in [0.05, 0.1) is 12.7 Å². The minimum absolute atomic E-state index is 0.232. The first-order chi connectivity index (χ1) is 9.92. The van der Waals surface area contributed by atoms with E-state index in [1.807, 2.05) is 6.92 Å². The number of rotatable bonds is 4. The molecular formula is C16H13F3O2. The van der Waals surface area contributed by atoms with Crippen LogP contribution < -0.4 is 4.74 Å². The predicted octanol–water partition coefficient (Wildman–Crippen LogP) is 3.85. The summed E-state index contributed by atoms with van der Waals surface area (Å²) in [6.07, 6.45) is -0.232. The average molecular weight is 294 g/mol. The molecule has 21 heavy (non-hydrogen) atoms. The summed E-state index contributed by atoms with van der Waals surface area (Å²) in [5.41, 5.74) is 0.671. The molecule has 2 rings (SSSR count). The third-order valence-corrected chi connectivity index (χ3v) is 3.07. The van der Waals surface area contributed by atoms with Crippen molar-refractivity contribution in [2.75, 3.05) is 7.11 Å². The van der Waals surface area contributed by atoms with E-state index in [4.69, 9.17) is 4.74 Å². The van der Waals surface area contributed by atoms with E-state index in [1.165, 1.54) is 7.11 Å². The lowest BCUT2D eigenvalue weighted by Crippen LogP contribution is -2.10. The second-order valence-electron chi connectivity index (χ2n) is 4.66. The van der Waals surface area contributed by atoms with Crippen LogP contribution in [-0.4, -0.2) is 12.9 Å². The third kappa shape index (κ3) is 3.24. The maximum absolute atomic E-state index is 13.6. The molecule has 2 aromatic rings. The Kier molecular flexibility index (Phi) is 4.31. The standard InChI is InChI=1S/C16H13F3O2/c1-9-3-4-15(21-2)10(5-9)6-14(20)16-12(18)7-11(17)8-13(16)19/h3-5,7-8H,6H2,1-2H3. The van der Waals surface area contributed by atoms with Crippen molar-refractivity contribution in [3.8, 4) is 5.75 Å². The molecule has 5 heteroatoms. The van der Waals surface area contributed by atoms with Crippen LogP contribution >= 0.6 is 0 Å². The third-order valence-electron chi connectivity index (χ3n) is 3.07. The Morgan fingerprint density at radius 2 is 1.71 bits per heavy atom. The van der Waals surface area contributed by atoms with Gasteiger partial charge in [0, 0.05) is 24.1 Å². The van der Waals surface area contributed by atoms with Crippen molar-refractivity contribution >= 4 is 5.78 Å². The molecule has 0 unspecified atom stereocenters. The molecule has 0 aromatic heterocycles. The number of halogens is 3. The highest BCUT2D eigenvalue weighted by Gasteiger charge is 2.20. The summed E-state index contributed by atoms with van der Waals surface area (Å²) >= 11 is 0. The topological polar surface area (TPSA) is 26.3 Å². The number of aryl methyl sites for hydroxylation is 1. The Hall–Kier alpha value is -2.30. The number of Topliss-reactive ketones (excluding diaryl/α,β-unsaturated/α-hetero) is 1. The van der Waals surface area contributed by atoms with E-state index < -0.39 is 28.8 Å². The van der Waals surface area contributed by atoms with E-state index in [1.54, 1.807) is 18.2 Å². The van der Waals surface area contributed by atoms with Gasteiger partial charge >= 0.3 is 0 Å². The smallest absolute Gasteiger partial charge is 0.173 e. The Labute approximate surface area is 120 Å². The van der Waals surface area contributed by atoms with Gasteiger partial charge in [-0.1, -0.05) is 17.7 Å². The molecule has 0 heterocycles. The van der Waals surface area contributed by atoms with Crippen LogP contribution in [0.3, 0.4) is 0 Å². The first kappa shape index (κ1) is 15.1. The van der Waals surface area contributed by atoms with Crippen LogP contribution in [0.1, 0.15) is 21.5 Å². The molecule has 0 aliphatic heterocycles. The molecule has 0 N–H and O–H groups in total. The summed E-state index contributed by atoms with van der Waals surface area (Å²) in [5, 5.41) is 0. The van der Waals surface area contributed by atoms with Gasteiger partial charge in [0.25, 0.3) is 0 Å². The highest BCUT2D eigenvalue weighted by Crippen LogP contribution is 2.23. The molecule has 0 atom stereocenters. The van der Waals surface area contributed by atoms with Gasteiger partial charge in [0.1, 0.15) is 23.2 Å². The van der Waals surface area contributed by atoms with E-state index in [2.05, 4.69) is 0 Å². The summed E-state index contributed by atoms with van der Waals surface area (Å²) in [6.45, 7) is 1.83. The van der Waals surface area contributed by atoms with E-state index >= 15 is 0 Å².